The van der Waals surface area contributed by atoms with Crippen LogP contribution in [0.3, 0.4) is 0 Å². The number of hydrogen-bond acceptors (Lipinski definition) is 4. The van der Waals surface area contributed by atoms with Crippen LogP contribution < -0.4 is 0 Å². The molecule has 2 aromatic heterocycles. The Morgan fingerprint density at radius 2 is 1.48 bits per heavy atom. The number of pyridine rings is 1. The van der Waals surface area contributed by atoms with Crippen LogP contribution in [0.1, 0.15) is 17.2 Å². The molecule has 4 heteroatoms. The minimum atomic E-state index is 0.662. The van der Waals surface area contributed by atoms with Crippen LogP contribution in [-0.4, -0.2) is 20.2 Å². The van der Waals surface area contributed by atoms with E-state index in [1.54, 1.807) is 0 Å². The first-order valence-corrected chi connectivity index (χ1v) is 6.86. The first-order valence-electron chi connectivity index (χ1n) is 6.86. The SMILES string of the molecule is Cc1ccc(-c2nnc(C)nc2-c2ccccc2)c(C)n1. The van der Waals surface area contributed by atoms with Gasteiger partial charge in [-0.05, 0) is 32.9 Å². The van der Waals surface area contributed by atoms with Gasteiger partial charge in [-0.25, -0.2) is 4.98 Å². The molecule has 104 valence electrons. The van der Waals surface area contributed by atoms with Gasteiger partial charge in [-0.3, -0.25) is 4.98 Å². The monoisotopic (exact) mass is 276 g/mol. The molecular formula is C17H16N4. The van der Waals surface area contributed by atoms with Crippen LogP contribution in [0.15, 0.2) is 42.5 Å². The average Bonchev–Trinajstić information content (AvgIpc) is 2.49. The Morgan fingerprint density at radius 1 is 0.714 bits per heavy atom. The van der Waals surface area contributed by atoms with Gasteiger partial charge >= 0.3 is 0 Å². The van der Waals surface area contributed by atoms with Gasteiger partial charge in [0.15, 0.2) is 0 Å². The van der Waals surface area contributed by atoms with Gasteiger partial charge < -0.3 is 0 Å². The highest BCUT2D eigenvalue weighted by Gasteiger charge is 2.14. The van der Waals surface area contributed by atoms with Crippen molar-refractivity contribution >= 4 is 0 Å². The summed E-state index contributed by atoms with van der Waals surface area (Å²) in [5.74, 6) is 0.662. The van der Waals surface area contributed by atoms with Crippen molar-refractivity contribution in [2.24, 2.45) is 0 Å². The van der Waals surface area contributed by atoms with Crippen molar-refractivity contribution in [3.63, 3.8) is 0 Å². The third-order valence-corrected chi connectivity index (χ3v) is 3.32. The molecule has 0 saturated heterocycles. The van der Waals surface area contributed by atoms with E-state index in [4.69, 9.17) is 0 Å². The molecule has 2 heterocycles. The van der Waals surface area contributed by atoms with E-state index in [9.17, 15) is 0 Å². The Labute approximate surface area is 123 Å². The summed E-state index contributed by atoms with van der Waals surface area (Å²) in [5.41, 5.74) is 5.55. The van der Waals surface area contributed by atoms with Crippen molar-refractivity contribution in [1.29, 1.82) is 0 Å². The topological polar surface area (TPSA) is 51.6 Å². The molecule has 3 aromatic rings. The Bertz CT molecular complexity index is 782. The average molecular weight is 276 g/mol. The second-order valence-electron chi connectivity index (χ2n) is 5.01. The van der Waals surface area contributed by atoms with Gasteiger partial charge in [-0.2, -0.15) is 0 Å². The fourth-order valence-electron chi connectivity index (χ4n) is 2.32. The lowest BCUT2D eigenvalue weighted by Crippen LogP contribution is -2.01. The fraction of sp³-hybridized carbons (Fsp3) is 0.176. The molecule has 21 heavy (non-hydrogen) atoms. The normalized spacial score (nSPS) is 10.6. The lowest BCUT2D eigenvalue weighted by Gasteiger charge is -2.10. The minimum Gasteiger partial charge on any atom is -0.258 e. The molecule has 3 rings (SSSR count). The lowest BCUT2D eigenvalue weighted by atomic mass is 10.0. The number of nitrogens with zero attached hydrogens (tertiary/aromatic N) is 4. The van der Waals surface area contributed by atoms with Crippen molar-refractivity contribution in [2.45, 2.75) is 20.8 Å². The van der Waals surface area contributed by atoms with Gasteiger partial charge in [0.25, 0.3) is 0 Å². The van der Waals surface area contributed by atoms with Crippen LogP contribution in [0.2, 0.25) is 0 Å². The Hall–Kier alpha value is -2.62. The van der Waals surface area contributed by atoms with Gasteiger partial charge in [0.1, 0.15) is 17.2 Å². The molecule has 0 atom stereocenters. The number of hydrogen-bond donors (Lipinski definition) is 0. The molecule has 0 bridgehead atoms. The molecule has 0 fully saturated rings. The molecule has 0 N–H and O–H groups in total. The van der Waals surface area contributed by atoms with E-state index in [0.717, 1.165) is 33.9 Å². The summed E-state index contributed by atoms with van der Waals surface area (Å²) in [6.45, 7) is 5.82. The zero-order valence-corrected chi connectivity index (χ0v) is 12.3. The Morgan fingerprint density at radius 3 is 2.19 bits per heavy atom. The molecule has 0 aliphatic heterocycles. The van der Waals surface area contributed by atoms with E-state index in [2.05, 4.69) is 20.2 Å². The molecular weight excluding hydrogens is 260 g/mol. The maximum Gasteiger partial charge on any atom is 0.148 e. The molecule has 0 spiro atoms. The largest absolute Gasteiger partial charge is 0.258 e. The van der Waals surface area contributed by atoms with Crippen molar-refractivity contribution in [3.8, 4) is 22.5 Å². The van der Waals surface area contributed by atoms with Crippen LogP contribution in [0.4, 0.5) is 0 Å². The Balaban J connectivity index is 2.24. The van der Waals surface area contributed by atoms with Crippen LogP contribution in [0.25, 0.3) is 22.5 Å². The molecule has 0 aliphatic rings. The highest BCUT2D eigenvalue weighted by molar-refractivity contribution is 5.78. The minimum absolute atomic E-state index is 0.662. The summed E-state index contributed by atoms with van der Waals surface area (Å²) in [6, 6.07) is 14.1. The molecule has 4 nitrogen and oxygen atoms in total. The van der Waals surface area contributed by atoms with Crippen LogP contribution in [0, 0.1) is 20.8 Å². The number of aryl methyl sites for hydroxylation is 3. The van der Waals surface area contributed by atoms with Gasteiger partial charge in [0.2, 0.25) is 0 Å². The summed E-state index contributed by atoms with van der Waals surface area (Å²) in [4.78, 5) is 9.09. The summed E-state index contributed by atoms with van der Waals surface area (Å²) < 4.78 is 0. The van der Waals surface area contributed by atoms with E-state index in [1.165, 1.54) is 0 Å². The number of aromatic nitrogens is 4. The van der Waals surface area contributed by atoms with Crippen LogP contribution in [0.5, 0.6) is 0 Å². The highest BCUT2D eigenvalue weighted by Crippen LogP contribution is 2.29. The fourth-order valence-corrected chi connectivity index (χ4v) is 2.32. The summed E-state index contributed by atoms with van der Waals surface area (Å²) in [7, 11) is 0. The van der Waals surface area contributed by atoms with E-state index in [0.29, 0.717) is 5.82 Å². The molecule has 1 aromatic carbocycles. The third kappa shape index (κ3) is 2.65. The van der Waals surface area contributed by atoms with Gasteiger partial charge in [-0.1, -0.05) is 30.3 Å². The third-order valence-electron chi connectivity index (χ3n) is 3.32. The second-order valence-corrected chi connectivity index (χ2v) is 5.01. The molecule has 0 amide bonds. The maximum absolute atomic E-state index is 4.58. The number of benzene rings is 1. The molecule has 0 unspecified atom stereocenters. The van der Waals surface area contributed by atoms with Crippen molar-refractivity contribution in [1.82, 2.24) is 20.2 Å². The van der Waals surface area contributed by atoms with Crippen molar-refractivity contribution in [2.75, 3.05) is 0 Å². The van der Waals surface area contributed by atoms with E-state index in [-0.39, 0.29) is 0 Å². The lowest BCUT2D eigenvalue weighted by molar-refractivity contribution is 0.915. The smallest absolute Gasteiger partial charge is 0.148 e. The molecule has 0 aliphatic carbocycles. The zero-order chi connectivity index (χ0) is 14.8. The first-order chi connectivity index (χ1) is 10.1. The standard InChI is InChI=1S/C17H16N4/c1-11-9-10-15(12(2)18-11)17-16(19-13(3)20-21-17)14-7-5-4-6-8-14/h4-10H,1-3H3. The van der Waals surface area contributed by atoms with Crippen LogP contribution >= 0.6 is 0 Å². The van der Waals surface area contributed by atoms with Gasteiger partial charge in [-0.15, -0.1) is 10.2 Å². The van der Waals surface area contributed by atoms with E-state index >= 15 is 0 Å². The van der Waals surface area contributed by atoms with Gasteiger partial charge in [0.05, 0.1) is 0 Å². The molecule has 0 saturated carbocycles. The van der Waals surface area contributed by atoms with E-state index < -0.39 is 0 Å². The van der Waals surface area contributed by atoms with Crippen molar-refractivity contribution in [3.05, 3.63) is 59.7 Å². The Kier molecular flexibility index (Phi) is 3.44. The zero-order valence-electron chi connectivity index (χ0n) is 12.3. The summed E-state index contributed by atoms with van der Waals surface area (Å²) in [5, 5.41) is 8.48. The van der Waals surface area contributed by atoms with Crippen molar-refractivity contribution < 1.29 is 0 Å². The summed E-state index contributed by atoms with van der Waals surface area (Å²) in [6.07, 6.45) is 0. The van der Waals surface area contributed by atoms with Gasteiger partial charge in [0, 0.05) is 22.5 Å². The predicted molar refractivity (Wildman–Crippen MR) is 82.7 cm³/mol. The predicted octanol–water partition coefficient (Wildman–Crippen LogP) is 3.53. The quantitative estimate of drug-likeness (QED) is 0.718. The van der Waals surface area contributed by atoms with E-state index in [1.807, 2.05) is 63.2 Å². The first kappa shape index (κ1) is 13.4. The van der Waals surface area contributed by atoms with Crippen LogP contribution in [-0.2, 0) is 0 Å². The number of rotatable bonds is 2. The second kappa shape index (κ2) is 5.40. The highest BCUT2D eigenvalue weighted by atomic mass is 15.2. The molecule has 0 radical (unpaired) electrons. The summed E-state index contributed by atoms with van der Waals surface area (Å²) >= 11 is 0. The maximum atomic E-state index is 4.58.